The number of allylic oxidation sites excluding steroid dienone is 2. The summed E-state index contributed by atoms with van der Waals surface area (Å²) >= 11 is 0. The highest BCUT2D eigenvalue weighted by atomic mass is 15.0. The number of nitrogens with one attached hydrogen (secondary N) is 1. The molecule has 0 saturated carbocycles. The summed E-state index contributed by atoms with van der Waals surface area (Å²) in [6.07, 6.45) is 8.89. The van der Waals surface area contributed by atoms with Crippen LogP contribution in [0.3, 0.4) is 0 Å². The monoisotopic (exact) mass is 410 g/mol. The molecule has 0 fully saturated rings. The zero-order chi connectivity index (χ0) is 21.1. The van der Waals surface area contributed by atoms with Gasteiger partial charge in [-0.1, -0.05) is 85.0 Å². The molecule has 2 unspecified atom stereocenters. The Labute approximate surface area is 187 Å². The molecule has 32 heavy (non-hydrogen) atoms. The molecule has 0 radical (unpaired) electrons. The van der Waals surface area contributed by atoms with Crippen molar-refractivity contribution in [1.82, 2.24) is 4.57 Å². The smallest absolute Gasteiger partial charge is 0.0561 e. The van der Waals surface area contributed by atoms with Gasteiger partial charge in [-0.15, -0.1) is 0 Å². The molecule has 2 nitrogen and oxygen atoms in total. The molecule has 5 aromatic rings. The molecule has 0 spiro atoms. The largest absolute Gasteiger partial charge is 0.378 e. The van der Waals surface area contributed by atoms with E-state index in [-0.39, 0.29) is 0 Å². The van der Waals surface area contributed by atoms with E-state index in [1.54, 1.807) is 0 Å². The zero-order valence-electron chi connectivity index (χ0n) is 17.6. The zero-order valence-corrected chi connectivity index (χ0v) is 17.6. The number of anilines is 1. The van der Waals surface area contributed by atoms with Gasteiger partial charge in [-0.3, -0.25) is 0 Å². The van der Waals surface area contributed by atoms with Gasteiger partial charge in [0.05, 0.1) is 17.1 Å². The van der Waals surface area contributed by atoms with E-state index in [0.717, 1.165) is 0 Å². The first-order valence-electron chi connectivity index (χ1n) is 11.2. The minimum absolute atomic E-state index is 0.353. The lowest BCUT2D eigenvalue weighted by Crippen LogP contribution is -2.17. The Hall–Kier alpha value is -4.04. The second kappa shape index (κ2) is 6.73. The molecule has 2 heterocycles. The van der Waals surface area contributed by atoms with Gasteiger partial charge in [0.1, 0.15) is 0 Å². The molecule has 1 N–H and O–H groups in total. The molecule has 7 rings (SSSR count). The minimum atomic E-state index is 0.353. The Morgan fingerprint density at radius 2 is 1.38 bits per heavy atom. The van der Waals surface area contributed by atoms with Gasteiger partial charge in [0, 0.05) is 28.1 Å². The highest BCUT2D eigenvalue weighted by Crippen LogP contribution is 2.44. The van der Waals surface area contributed by atoms with Crippen LogP contribution in [0.2, 0.25) is 0 Å². The van der Waals surface area contributed by atoms with E-state index < -0.39 is 0 Å². The Morgan fingerprint density at radius 1 is 0.625 bits per heavy atom. The summed E-state index contributed by atoms with van der Waals surface area (Å²) < 4.78 is 2.40. The molecule has 1 aromatic heterocycles. The maximum atomic E-state index is 3.73. The molecule has 2 aliphatic rings. The predicted molar refractivity (Wildman–Crippen MR) is 135 cm³/mol. The van der Waals surface area contributed by atoms with Gasteiger partial charge in [0.15, 0.2) is 0 Å². The maximum Gasteiger partial charge on any atom is 0.0561 e. The molecule has 0 amide bonds. The third-order valence-electron chi connectivity index (χ3n) is 6.89. The highest BCUT2D eigenvalue weighted by Gasteiger charge is 2.30. The van der Waals surface area contributed by atoms with Crippen molar-refractivity contribution in [3.8, 4) is 16.8 Å². The Kier molecular flexibility index (Phi) is 3.71. The molecule has 2 heteroatoms. The molecule has 152 valence electrons. The van der Waals surface area contributed by atoms with Crippen molar-refractivity contribution < 1.29 is 0 Å². The first-order valence-corrected chi connectivity index (χ1v) is 11.2. The molecule has 1 aliphatic heterocycles. The third-order valence-corrected chi connectivity index (χ3v) is 6.89. The number of fused-ring (bicyclic) bond motifs is 6. The highest BCUT2D eigenvalue weighted by molar-refractivity contribution is 6.10. The van der Waals surface area contributed by atoms with E-state index >= 15 is 0 Å². The second-order valence-corrected chi connectivity index (χ2v) is 8.69. The van der Waals surface area contributed by atoms with Crippen molar-refractivity contribution in [2.45, 2.75) is 12.0 Å². The van der Waals surface area contributed by atoms with Gasteiger partial charge in [0.2, 0.25) is 0 Å². The summed E-state index contributed by atoms with van der Waals surface area (Å²) in [7, 11) is 0. The fourth-order valence-corrected chi connectivity index (χ4v) is 5.37. The van der Waals surface area contributed by atoms with Crippen LogP contribution in [-0.2, 0) is 0 Å². The molecular formula is C30H22N2. The van der Waals surface area contributed by atoms with E-state index in [1.807, 2.05) is 0 Å². The summed E-state index contributed by atoms with van der Waals surface area (Å²) in [5.41, 5.74) is 8.79. The SMILES string of the molecule is C1=CC2Nc3cc4c(cc3C2C=C1)c1ccccc1n4-c1ccc(-c2ccccc2)cc1. The van der Waals surface area contributed by atoms with Crippen LogP contribution < -0.4 is 5.32 Å². The van der Waals surface area contributed by atoms with Crippen LogP contribution in [0.1, 0.15) is 11.5 Å². The molecule has 1 aliphatic carbocycles. The van der Waals surface area contributed by atoms with Crippen molar-refractivity contribution in [2.24, 2.45) is 0 Å². The summed E-state index contributed by atoms with van der Waals surface area (Å²) in [4.78, 5) is 0. The lowest BCUT2D eigenvalue weighted by Gasteiger charge is -2.15. The van der Waals surface area contributed by atoms with E-state index in [1.165, 1.54) is 49.9 Å². The number of para-hydroxylation sites is 1. The molecule has 0 bridgehead atoms. The van der Waals surface area contributed by atoms with Crippen molar-refractivity contribution in [3.05, 3.63) is 121 Å². The molecular weight excluding hydrogens is 388 g/mol. The van der Waals surface area contributed by atoms with Gasteiger partial charge in [-0.25, -0.2) is 0 Å². The van der Waals surface area contributed by atoms with E-state index in [9.17, 15) is 0 Å². The summed E-state index contributed by atoms with van der Waals surface area (Å²) in [5, 5.41) is 6.35. The normalized spacial score (nSPS) is 18.6. The maximum absolute atomic E-state index is 3.73. The predicted octanol–water partition coefficient (Wildman–Crippen LogP) is 7.45. The fraction of sp³-hybridized carbons (Fsp3) is 0.0667. The van der Waals surface area contributed by atoms with Crippen LogP contribution in [0.25, 0.3) is 38.6 Å². The summed E-state index contributed by atoms with van der Waals surface area (Å²) in [6, 6.07) is 33.3. The number of hydrogen-bond acceptors (Lipinski definition) is 1. The van der Waals surface area contributed by atoms with Crippen LogP contribution in [-0.4, -0.2) is 10.6 Å². The molecule has 2 atom stereocenters. The van der Waals surface area contributed by atoms with Crippen LogP contribution in [0.15, 0.2) is 115 Å². The van der Waals surface area contributed by atoms with Crippen molar-refractivity contribution in [2.75, 3.05) is 5.32 Å². The van der Waals surface area contributed by atoms with Gasteiger partial charge in [-0.05, 0) is 47.0 Å². The standard InChI is InChI=1S/C30H22N2/c1-2-8-20(9-3-1)21-14-16-22(17-15-21)32-29-13-7-5-11-24(29)26-18-25-23-10-4-6-12-27(23)31-28(25)19-30(26)32/h1-19,23,27,31H. The number of benzene rings is 4. The van der Waals surface area contributed by atoms with Gasteiger partial charge in [0.25, 0.3) is 0 Å². The minimum Gasteiger partial charge on any atom is -0.378 e. The number of aromatic nitrogens is 1. The Balaban J connectivity index is 1.44. The third kappa shape index (κ3) is 2.53. The first-order chi connectivity index (χ1) is 15.9. The van der Waals surface area contributed by atoms with Crippen molar-refractivity contribution in [3.63, 3.8) is 0 Å². The number of rotatable bonds is 2. The summed E-state index contributed by atoms with van der Waals surface area (Å²) in [6.45, 7) is 0. The van der Waals surface area contributed by atoms with E-state index in [2.05, 4.69) is 125 Å². The van der Waals surface area contributed by atoms with Crippen LogP contribution in [0.5, 0.6) is 0 Å². The fourth-order valence-electron chi connectivity index (χ4n) is 5.37. The second-order valence-electron chi connectivity index (χ2n) is 8.69. The van der Waals surface area contributed by atoms with Gasteiger partial charge in [-0.2, -0.15) is 0 Å². The van der Waals surface area contributed by atoms with Crippen LogP contribution in [0.4, 0.5) is 5.69 Å². The van der Waals surface area contributed by atoms with Crippen molar-refractivity contribution in [1.29, 1.82) is 0 Å². The average Bonchev–Trinajstić information content (AvgIpc) is 3.38. The van der Waals surface area contributed by atoms with Gasteiger partial charge >= 0.3 is 0 Å². The molecule has 4 aromatic carbocycles. The average molecular weight is 411 g/mol. The van der Waals surface area contributed by atoms with E-state index in [4.69, 9.17) is 0 Å². The summed E-state index contributed by atoms with van der Waals surface area (Å²) in [5.74, 6) is 0.409. The van der Waals surface area contributed by atoms with Crippen molar-refractivity contribution >= 4 is 27.5 Å². The number of nitrogens with zero attached hydrogens (tertiary/aromatic N) is 1. The van der Waals surface area contributed by atoms with Gasteiger partial charge < -0.3 is 9.88 Å². The van der Waals surface area contributed by atoms with Crippen LogP contribution >= 0.6 is 0 Å². The lowest BCUT2D eigenvalue weighted by atomic mass is 9.91. The topological polar surface area (TPSA) is 17.0 Å². The first kappa shape index (κ1) is 17.6. The lowest BCUT2D eigenvalue weighted by molar-refractivity contribution is 0.806. The Bertz CT molecular complexity index is 1540. The Morgan fingerprint density at radius 3 is 2.25 bits per heavy atom. The van der Waals surface area contributed by atoms with Crippen LogP contribution in [0, 0.1) is 0 Å². The molecule has 0 saturated heterocycles. The van der Waals surface area contributed by atoms with E-state index in [0.29, 0.717) is 12.0 Å². The number of hydrogen-bond donors (Lipinski definition) is 1. The quantitative estimate of drug-likeness (QED) is 0.320.